The van der Waals surface area contributed by atoms with E-state index < -0.39 is 0 Å². The van der Waals surface area contributed by atoms with Crippen molar-refractivity contribution in [2.24, 2.45) is 5.92 Å². The third-order valence-corrected chi connectivity index (χ3v) is 5.17. The quantitative estimate of drug-likeness (QED) is 0.886. The molecule has 2 aromatic heterocycles. The number of carbonyl (C=O) groups excluding carboxylic acids is 1. The minimum absolute atomic E-state index is 0.214. The average molecular weight is 359 g/mol. The van der Waals surface area contributed by atoms with Crippen LogP contribution in [0.2, 0.25) is 0 Å². The second kappa shape index (κ2) is 7.63. The summed E-state index contributed by atoms with van der Waals surface area (Å²) in [5, 5.41) is 7.66. The summed E-state index contributed by atoms with van der Waals surface area (Å²) in [4.78, 5) is 12.3. The Morgan fingerprint density at radius 3 is 2.96 bits per heavy atom. The van der Waals surface area contributed by atoms with Gasteiger partial charge < -0.3 is 19.2 Å². The number of aromatic nitrogens is 2. The SMILES string of the molecule is Cc1ccoc1C(=O)NCC1OCCc2cn(CC3CCOCC3)nc21. The Bertz CT molecular complexity index is 761. The Balaban J connectivity index is 1.40. The monoisotopic (exact) mass is 359 g/mol. The van der Waals surface area contributed by atoms with Gasteiger partial charge in [-0.1, -0.05) is 0 Å². The van der Waals surface area contributed by atoms with E-state index in [4.69, 9.17) is 19.0 Å². The Hall–Kier alpha value is -2.12. The van der Waals surface area contributed by atoms with E-state index in [2.05, 4.69) is 11.5 Å². The molecule has 4 rings (SSSR count). The van der Waals surface area contributed by atoms with E-state index in [0.717, 1.165) is 50.3 Å². The highest BCUT2D eigenvalue weighted by Crippen LogP contribution is 2.26. The molecular formula is C19H25N3O4. The molecule has 140 valence electrons. The lowest BCUT2D eigenvalue weighted by Gasteiger charge is -2.22. The minimum atomic E-state index is -0.218. The fraction of sp³-hybridized carbons (Fsp3) is 0.579. The van der Waals surface area contributed by atoms with Gasteiger partial charge in [0.05, 0.1) is 18.6 Å². The van der Waals surface area contributed by atoms with Gasteiger partial charge in [-0.2, -0.15) is 5.10 Å². The number of nitrogens with zero attached hydrogens (tertiary/aromatic N) is 2. The highest BCUT2D eigenvalue weighted by Gasteiger charge is 2.26. The van der Waals surface area contributed by atoms with Crippen molar-refractivity contribution in [1.29, 1.82) is 0 Å². The zero-order valence-corrected chi connectivity index (χ0v) is 15.1. The van der Waals surface area contributed by atoms with Crippen LogP contribution < -0.4 is 5.32 Å². The molecular weight excluding hydrogens is 334 g/mol. The molecule has 1 fully saturated rings. The number of hydrogen-bond donors (Lipinski definition) is 1. The van der Waals surface area contributed by atoms with E-state index in [1.165, 1.54) is 11.8 Å². The maximum absolute atomic E-state index is 12.3. The number of ether oxygens (including phenoxy) is 2. The van der Waals surface area contributed by atoms with Gasteiger partial charge in [0, 0.05) is 38.1 Å². The maximum atomic E-state index is 12.3. The third-order valence-electron chi connectivity index (χ3n) is 5.17. The van der Waals surface area contributed by atoms with E-state index in [-0.39, 0.29) is 12.0 Å². The average Bonchev–Trinajstić information content (AvgIpc) is 3.26. The van der Waals surface area contributed by atoms with Crippen molar-refractivity contribution in [2.45, 2.75) is 38.8 Å². The van der Waals surface area contributed by atoms with Crippen LogP contribution in [0.15, 0.2) is 22.9 Å². The van der Waals surface area contributed by atoms with Crippen molar-refractivity contribution in [3.63, 3.8) is 0 Å². The van der Waals surface area contributed by atoms with Gasteiger partial charge in [-0.25, -0.2) is 0 Å². The number of nitrogens with one attached hydrogen (secondary N) is 1. The second-order valence-electron chi connectivity index (χ2n) is 7.07. The van der Waals surface area contributed by atoms with E-state index in [1.807, 2.05) is 11.6 Å². The molecule has 2 aromatic rings. The molecule has 0 aliphatic carbocycles. The predicted molar refractivity (Wildman–Crippen MR) is 93.9 cm³/mol. The van der Waals surface area contributed by atoms with Crippen molar-refractivity contribution in [3.8, 4) is 0 Å². The van der Waals surface area contributed by atoms with Gasteiger partial charge in [-0.3, -0.25) is 9.48 Å². The molecule has 1 amide bonds. The summed E-state index contributed by atoms with van der Waals surface area (Å²) >= 11 is 0. The molecule has 0 bridgehead atoms. The lowest BCUT2D eigenvalue weighted by atomic mass is 10.0. The van der Waals surface area contributed by atoms with Crippen molar-refractivity contribution in [2.75, 3.05) is 26.4 Å². The number of aryl methyl sites for hydroxylation is 1. The van der Waals surface area contributed by atoms with Gasteiger partial charge in [0.1, 0.15) is 6.10 Å². The van der Waals surface area contributed by atoms with Gasteiger partial charge in [0.25, 0.3) is 5.91 Å². The number of rotatable bonds is 5. The fourth-order valence-corrected chi connectivity index (χ4v) is 3.65. The lowest BCUT2D eigenvalue weighted by molar-refractivity contribution is 0.0376. The van der Waals surface area contributed by atoms with Crippen molar-refractivity contribution < 1.29 is 18.7 Å². The number of furan rings is 1. The molecule has 7 heteroatoms. The molecule has 4 heterocycles. The smallest absolute Gasteiger partial charge is 0.287 e. The Kier molecular flexibility index (Phi) is 5.08. The van der Waals surface area contributed by atoms with Crippen LogP contribution in [0.5, 0.6) is 0 Å². The van der Waals surface area contributed by atoms with Crippen LogP contribution in [-0.4, -0.2) is 42.1 Å². The topological polar surface area (TPSA) is 78.5 Å². The third kappa shape index (κ3) is 3.68. The summed E-state index contributed by atoms with van der Waals surface area (Å²) in [5.41, 5.74) is 2.99. The lowest BCUT2D eigenvalue weighted by Crippen LogP contribution is -2.32. The van der Waals surface area contributed by atoms with Gasteiger partial charge in [0.15, 0.2) is 5.76 Å². The zero-order chi connectivity index (χ0) is 17.9. The molecule has 0 radical (unpaired) electrons. The molecule has 7 nitrogen and oxygen atoms in total. The van der Waals surface area contributed by atoms with Crippen molar-refractivity contribution >= 4 is 5.91 Å². The van der Waals surface area contributed by atoms with Crippen molar-refractivity contribution in [3.05, 3.63) is 41.1 Å². The van der Waals surface area contributed by atoms with Crippen LogP contribution in [0.4, 0.5) is 0 Å². The fourth-order valence-electron chi connectivity index (χ4n) is 3.65. The highest BCUT2D eigenvalue weighted by atomic mass is 16.5. The zero-order valence-electron chi connectivity index (χ0n) is 15.1. The first kappa shape index (κ1) is 17.3. The van der Waals surface area contributed by atoms with Crippen LogP contribution in [0.1, 0.15) is 46.3 Å². The normalized spacial score (nSPS) is 20.7. The van der Waals surface area contributed by atoms with Gasteiger partial charge >= 0.3 is 0 Å². The Morgan fingerprint density at radius 2 is 2.19 bits per heavy atom. The molecule has 2 aliphatic heterocycles. The number of fused-ring (bicyclic) bond motifs is 1. The van der Waals surface area contributed by atoms with Crippen LogP contribution in [0.3, 0.4) is 0 Å². The molecule has 1 unspecified atom stereocenters. The summed E-state index contributed by atoms with van der Waals surface area (Å²) < 4.78 is 18.6. The predicted octanol–water partition coefficient (Wildman–Crippen LogP) is 2.25. The van der Waals surface area contributed by atoms with Gasteiger partial charge in [-0.15, -0.1) is 0 Å². The summed E-state index contributed by atoms with van der Waals surface area (Å²) in [6.07, 6.45) is 6.49. The maximum Gasteiger partial charge on any atom is 0.287 e. The van der Waals surface area contributed by atoms with E-state index >= 15 is 0 Å². The Morgan fingerprint density at radius 1 is 1.35 bits per heavy atom. The van der Waals surface area contributed by atoms with Crippen LogP contribution in [0, 0.1) is 12.8 Å². The van der Waals surface area contributed by atoms with Crippen LogP contribution >= 0.6 is 0 Å². The number of carbonyl (C=O) groups is 1. The molecule has 2 aliphatic rings. The minimum Gasteiger partial charge on any atom is -0.459 e. The highest BCUT2D eigenvalue weighted by molar-refractivity contribution is 5.92. The van der Waals surface area contributed by atoms with Crippen molar-refractivity contribution in [1.82, 2.24) is 15.1 Å². The first-order chi connectivity index (χ1) is 12.7. The first-order valence-electron chi connectivity index (χ1n) is 9.28. The van der Waals surface area contributed by atoms with Crippen LogP contribution in [-0.2, 0) is 22.4 Å². The Labute approximate surface area is 152 Å². The first-order valence-corrected chi connectivity index (χ1v) is 9.28. The summed E-state index contributed by atoms with van der Waals surface area (Å²) in [7, 11) is 0. The molecule has 0 aromatic carbocycles. The van der Waals surface area contributed by atoms with E-state index in [0.29, 0.717) is 24.8 Å². The molecule has 0 saturated carbocycles. The molecule has 1 atom stereocenters. The number of amides is 1. The van der Waals surface area contributed by atoms with E-state index in [1.54, 1.807) is 6.07 Å². The summed E-state index contributed by atoms with van der Waals surface area (Å²) in [6, 6.07) is 1.78. The molecule has 0 spiro atoms. The second-order valence-corrected chi connectivity index (χ2v) is 7.07. The largest absolute Gasteiger partial charge is 0.459 e. The van der Waals surface area contributed by atoms with Gasteiger partial charge in [0.2, 0.25) is 0 Å². The van der Waals surface area contributed by atoms with E-state index in [9.17, 15) is 4.79 Å². The number of hydrogen-bond acceptors (Lipinski definition) is 5. The van der Waals surface area contributed by atoms with Crippen LogP contribution in [0.25, 0.3) is 0 Å². The summed E-state index contributed by atoms with van der Waals surface area (Å²) in [5.74, 6) is 0.752. The summed E-state index contributed by atoms with van der Waals surface area (Å²) in [6.45, 7) is 5.49. The molecule has 26 heavy (non-hydrogen) atoms. The standard InChI is InChI=1S/C19H25N3O4/c1-13-2-8-26-18(13)19(23)20-10-16-17-15(5-9-25-16)12-22(21-17)11-14-3-6-24-7-4-14/h2,8,12,14,16H,3-7,9-11H2,1H3,(H,20,23). The molecule has 1 saturated heterocycles. The van der Waals surface area contributed by atoms with Gasteiger partial charge in [-0.05, 0) is 43.7 Å². The molecule has 1 N–H and O–H groups in total.